The second kappa shape index (κ2) is 13.6. The van der Waals surface area contributed by atoms with Gasteiger partial charge in [-0.05, 0) is 83.1 Å². The van der Waals surface area contributed by atoms with Crippen molar-refractivity contribution in [3.8, 4) is 17.6 Å². The molecule has 9 heteroatoms. The quantitative estimate of drug-likeness (QED) is 0.346. The first-order valence-corrected chi connectivity index (χ1v) is 14.4. The molecule has 1 unspecified atom stereocenters. The van der Waals surface area contributed by atoms with Crippen molar-refractivity contribution >= 4 is 17.6 Å². The minimum absolute atomic E-state index is 0.123. The molecule has 2 aromatic rings. The van der Waals surface area contributed by atoms with Crippen molar-refractivity contribution in [3.63, 3.8) is 0 Å². The van der Waals surface area contributed by atoms with Crippen LogP contribution < -0.4 is 19.7 Å². The summed E-state index contributed by atoms with van der Waals surface area (Å²) in [5.41, 5.74) is 0.946. The van der Waals surface area contributed by atoms with E-state index in [2.05, 4.69) is 58.8 Å². The summed E-state index contributed by atoms with van der Waals surface area (Å²) in [6.07, 6.45) is 9.06. The van der Waals surface area contributed by atoms with Crippen LogP contribution in [0.5, 0.6) is 11.5 Å². The van der Waals surface area contributed by atoms with E-state index >= 15 is 0 Å². The number of hydrogen-bond acceptors (Lipinski definition) is 9. The van der Waals surface area contributed by atoms with Crippen LogP contribution in [0.4, 0.5) is 17.6 Å². The second-order valence-electron chi connectivity index (χ2n) is 10.5. The number of anilines is 3. The highest BCUT2D eigenvalue weighted by Crippen LogP contribution is 2.41. The molecule has 0 radical (unpaired) electrons. The third kappa shape index (κ3) is 7.04. The molecule has 1 aliphatic carbocycles. The molecule has 2 heterocycles. The van der Waals surface area contributed by atoms with Gasteiger partial charge in [0.1, 0.15) is 6.07 Å². The second-order valence-corrected chi connectivity index (χ2v) is 10.5. The van der Waals surface area contributed by atoms with Gasteiger partial charge < -0.3 is 24.6 Å². The number of hydrogen-bond donors (Lipinski definition) is 1. The summed E-state index contributed by atoms with van der Waals surface area (Å²) in [6, 6.07) is 8.53. The Balaban J connectivity index is 1.57. The molecular weight excluding hydrogens is 478 g/mol. The van der Waals surface area contributed by atoms with Crippen LogP contribution in [0, 0.1) is 17.2 Å². The van der Waals surface area contributed by atoms with Crippen molar-refractivity contribution in [2.75, 3.05) is 36.6 Å². The predicted molar refractivity (Wildman–Crippen MR) is 150 cm³/mol. The van der Waals surface area contributed by atoms with E-state index in [1.54, 1.807) is 0 Å². The summed E-state index contributed by atoms with van der Waals surface area (Å²) in [5.74, 6) is 3.33. The average Bonchev–Trinajstić information content (AvgIpc) is 3.40. The van der Waals surface area contributed by atoms with Crippen LogP contribution in [0.2, 0.25) is 0 Å². The maximum Gasteiger partial charge on any atom is 0.238 e. The van der Waals surface area contributed by atoms with Gasteiger partial charge in [-0.25, -0.2) is 0 Å². The molecule has 1 N–H and O–H groups in total. The molecule has 0 bridgehead atoms. The van der Waals surface area contributed by atoms with Gasteiger partial charge in [-0.15, -0.1) is 0 Å². The van der Waals surface area contributed by atoms with Gasteiger partial charge in [-0.2, -0.15) is 20.2 Å². The number of aromatic nitrogens is 3. The average molecular weight is 522 g/mol. The Labute approximate surface area is 227 Å². The van der Waals surface area contributed by atoms with Crippen molar-refractivity contribution in [2.45, 2.75) is 91.1 Å². The molecule has 206 valence electrons. The van der Waals surface area contributed by atoms with E-state index in [9.17, 15) is 5.26 Å². The molecule has 4 rings (SSSR count). The number of ether oxygens (including phenoxy) is 2. The maximum absolute atomic E-state index is 9.77. The first-order chi connectivity index (χ1) is 18.5. The normalized spacial score (nSPS) is 19.3. The Morgan fingerprint density at radius 1 is 1.05 bits per heavy atom. The molecule has 0 spiro atoms. The number of fused-ring (bicyclic) bond motifs is 1. The first-order valence-electron chi connectivity index (χ1n) is 14.4. The summed E-state index contributed by atoms with van der Waals surface area (Å²) in [7, 11) is 0. The lowest BCUT2D eigenvalue weighted by Crippen LogP contribution is -2.36. The summed E-state index contributed by atoms with van der Waals surface area (Å²) in [6.45, 7) is 12.2. The van der Waals surface area contributed by atoms with Crippen LogP contribution in [0.15, 0.2) is 18.2 Å². The Kier molecular flexibility index (Phi) is 9.99. The first kappa shape index (κ1) is 27.9. The van der Waals surface area contributed by atoms with Crippen LogP contribution in [0.3, 0.4) is 0 Å². The zero-order chi connectivity index (χ0) is 26.9. The van der Waals surface area contributed by atoms with Crippen molar-refractivity contribution < 1.29 is 9.47 Å². The Morgan fingerprint density at radius 3 is 2.53 bits per heavy atom. The molecule has 2 aliphatic rings. The third-order valence-corrected chi connectivity index (χ3v) is 7.83. The molecule has 1 aliphatic heterocycles. The number of nitriles is 1. The topological polar surface area (TPSA) is 99.4 Å². The molecule has 38 heavy (non-hydrogen) atoms. The number of nitrogens with zero attached hydrogens (tertiary/aromatic N) is 6. The zero-order valence-electron chi connectivity index (χ0n) is 23.4. The highest BCUT2D eigenvalue weighted by molar-refractivity contribution is 5.64. The largest absolute Gasteiger partial charge is 0.454 e. The fourth-order valence-electron chi connectivity index (χ4n) is 5.67. The van der Waals surface area contributed by atoms with Gasteiger partial charge in [-0.3, -0.25) is 0 Å². The Hall–Kier alpha value is -3.12. The minimum atomic E-state index is 0.123. The van der Waals surface area contributed by atoms with E-state index in [4.69, 9.17) is 14.5 Å². The van der Waals surface area contributed by atoms with Gasteiger partial charge in [0.25, 0.3) is 0 Å². The fourth-order valence-corrected chi connectivity index (χ4v) is 5.67. The molecule has 1 fully saturated rings. The SMILES string of the molecule is CCCC1CCC(N(c2ccc3c(c2)OCO3)c2nc(C#N)nc(NC(C)CCCN(CC)CC)n2)CC1. The standard InChI is InChI=1S/C29H43N7O2/c1-5-9-22-11-13-23(14-12-22)36(24-15-16-25-26(18-24)38-20-37-25)29-33-27(19-30)32-28(34-29)31-21(4)10-8-17-35(6-2)7-3/h15-16,18,21-23H,5-14,17,20H2,1-4H3,(H,31,32,33,34). The highest BCUT2D eigenvalue weighted by atomic mass is 16.7. The van der Waals surface area contributed by atoms with Crippen LogP contribution in [0.25, 0.3) is 0 Å². The van der Waals surface area contributed by atoms with Gasteiger partial charge in [0.15, 0.2) is 11.5 Å². The van der Waals surface area contributed by atoms with Crippen molar-refractivity contribution in [1.29, 1.82) is 5.26 Å². The molecule has 1 aromatic carbocycles. The molecule has 9 nitrogen and oxygen atoms in total. The van der Waals surface area contributed by atoms with Gasteiger partial charge in [0.05, 0.1) is 0 Å². The van der Waals surface area contributed by atoms with Crippen LogP contribution >= 0.6 is 0 Å². The summed E-state index contributed by atoms with van der Waals surface area (Å²) < 4.78 is 11.2. The van der Waals surface area contributed by atoms with Crippen LogP contribution in [-0.2, 0) is 0 Å². The molecule has 0 saturated heterocycles. The smallest absolute Gasteiger partial charge is 0.238 e. The van der Waals surface area contributed by atoms with Crippen molar-refractivity contribution in [3.05, 3.63) is 24.0 Å². The van der Waals surface area contributed by atoms with Gasteiger partial charge in [0, 0.05) is 23.8 Å². The van der Waals surface area contributed by atoms with E-state index in [1.165, 1.54) is 25.7 Å². The number of nitrogens with one attached hydrogen (secondary N) is 1. The lowest BCUT2D eigenvalue weighted by atomic mass is 9.83. The Bertz CT molecular complexity index is 1080. The monoisotopic (exact) mass is 521 g/mol. The summed E-state index contributed by atoms with van der Waals surface area (Å²) in [4.78, 5) is 18.5. The summed E-state index contributed by atoms with van der Waals surface area (Å²) in [5, 5.41) is 13.2. The highest BCUT2D eigenvalue weighted by Gasteiger charge is 2.30. The number of benzene rings is 1. The molecule has 1 atom stereocenters. The van der Waals surface area contributed by atoms with Crippen molar-refractivity contribution in [1.82, 2.24) is 19.9 Å². The van der Waals surface area contributed by atoms with Crippen molar-refractivity contribution in [2.24, 2.45) is 5.92 Å². The lowest BCUT2D eigenvalue weighted by molar-refractivity contribution is 0.174. The van der Waals surface area contributed by atoms with Gasteiger partial charge >= 0.3 is 0 Å². The fraction of sp³-hybridized carbons (Fsp3) is 0.655. The van der Waals surface area contributed by atoms with Gasteiger partial charge in [-0.1, -0.05) is 33.6 Å². The predicted octanol–water partition coefficient (Wildman–Crippen LogP) is 5.89. The molecule has 0 amide bonds. The minimum Gasteiger partial charge on any atom is -0.454 e. The molecule has 1 saturated carbocycles. The summed E-state index contributed by atoms with van der Waals surface area (Å²) >= 11 is 0. The molecular formula is C29H43N7O2. The molecule has 1 aromatic heterocycles. The van der Waals surface area contributed by atoms with E-state index < -0.39 is 0 Å². The zero-order valence-corrected chi connectivity index (χ0v) is 23.4. The van der Waals surface area contributed by atoms with E-state index in [0.29, 0.717) is 11.9 Å². The maximum atomic E-state index is 9.77. The number of rotatable bonds is 13. The van der Waals surface area contributed by atoms with Crippen LogP contribution in [-0.4, -0.2) is 58.4 Å². The van der Waals surface area contributed by atoms with E-state index in [0.717, 1.165) is 68.4 Å². The van der Waals surface area contributed by atoms with Gasteiger partial charge in [0.2, 0.25) is 24.5 Å². The van der Waals surface area contributed by atoms with E-state index in [1.807, 2.05) is 18.2 Å². The lowest BCUT2D eigenvalue weighted by Gasteiger charge is -2.37. The van der Waals surface area contributed by atoms with Crippen LogP contribution in [0.1, 0.15) is 84.9 Å². The Morgan fingerprint density at radius 2 is 1.82 bits per heavy atom. The van der Waals surface area contributed by atoms with E-state index in [-0.39, 0.29) is 24.7 Å². The third-order valence-electron chi connectivity index (χ3n) is 7.83.